The summed E-state index contributed by atoms with van der Waals surface area (Å²) in [6.45, 7) is 0. The van der Waals surface area contributed by atoms with Crippen LogP contribution in [0.4, 0.5) is 11.5 Å². The van der Waals surface area contributed by atoms with Crippen molar-refractivity contribution in [2.75, 3.05) is 24.3 Å². The highest BCUT2D eigenvalue weighted by molar-refractivity contribution is 5.90. The lowest BCUT2D eigenvalue weighted by Crippen LogP contribution is -2.20. The van der Waals surface area contributed by atoms with Crippen molar-refractivity contribution in [3.05, 3.63) is 18.3 Å². The summed E-state index contributed by atoms with van der Waals surface area (Å²) < 4.78 is 0. The first-order valence-corrected chi connectivity index (χ1v) is 7.55. The van der Waals surface area contributed by atoms with Gasteiger partial charge >= 0.3 is 0 Å². The van der Waals surface area contributed by atoms with Gasteiger partial charge in [0.05, 0.1) is 11.9 Å². The highest BCUT2D eigenvalue weighted by Gasteiger charge is 2.40. The van der Waals surface area contributed by atoms with Crippen LogP contribution in [0.15, 0.2) is 18.3 Å². The van der Waals surface area contributed by atoms with Gasteiger partial charge in [0.25, 0.3) is 0 Å². The number of aromatic nitrogens is 1. The molecule has 108 valence electrons. The van der Waals surface area contributed by atoms with Gasteiger partial charge in [0.15, 0.2) is 0 Å². The van der Waals surface area contributed by atoms with Crippen LogP contribution in [0, 0.1) is 17.8 Å². The lowest BCUT2D eigenvalue weighted by molar-refractivity contribution is -0.117. The van der Waals surface area contributed by atoms with Gasteiger partial charge in [-0.1, -0.05) is 6.42 Å². The van der Waals surface area contributed by atoms with Crippen LogP contribution in [0.3, 0.4) is 0 Å². The normalized spacial score (nSPS) is 27.6. The standard InChI is InChI=1S/C16H23N3O/c1-19(2)15-6-5-14(10-17-15)18-16(20)9-13-8-11-3-4-12(13)7-11/h5-6,10-13H,3-4,7-9H2,1-2H3,(H,18,20). The van der Waals surface area contributed by atoms with E-state index in [2.05, 4.69) is 10.3 Å². The molecule has 1 aromatic rings. The second kappa shape index (κ2) is 5.43. The summed E-state index contributed by atoms with van der Waals surface area (Å²) in [5.41, 5.74) is 0.795. The minimum Gasteiger partial charge on any atom is -0.363 e. The third-order valence-electron chi connectivity index (χ3n) is 4.82. The zero-order valence-corrected chi connectivity index (χ0v) is 12.3. The summed E-state index contributed by atoms with van der Waals surface area (Å²) in [4.78, 5) is 18.4. The molecule has 2 fully saturated rings. The van der Waals surface area contributed by atoms with E-state index >= 15 is 0 Å². The minimum atomic E-state index is 0.141. The van der Waals surface area contributed by atoms with E-state index in [4.69, 9.17) is 0 Å². The van der Waals surface area contributed by atoms with E-state index in [1.165, 1.54) is 25.7 Å². The quantitative estimate of drug-likeness (QED) is 0.917. The van der Waals surface area contributed by atoms with Gasteiger partial charge in [0.2, 0.25) is 5.91 Å². The number of carbonyl (C=O) groups is 1. The predicted octanol–water partition coefficient (Wildman–Crippen LogP) is 2.91. The Labute approximate surface area is 120 Å². The van der Waals surface area contributed by atoms with Crippen molar-refractivity contribution in [2.24, 2.45) is 17.8 Å². The minimum absolute atomic E-state index is 0.141. The largest absolute Gasteiger partial charge is 0.363 e. The molecule has 2 aliphatic rings. The van der Waals surface area contributed by atoms with Crippen molar-refractivity contribution in [3.63, 3.8) is 0 Å². The van der Waals surface area contributed by atoms with E-state index in [0.717, 1.165) is 23.3 Å². The molecule has 0 saturated heterocycles. The number of nitrogens with one attached hydrogen (secondary N) is 1. The van der Waals surface area contributed by atoms with Crippen LogP contribution in [-0.4, -0.2) is 25.0 Å². The van der Waals surface area contributed by atoms with Crippen LogP contribution < -0.4 is 10.2 Å². The van der Waals surface area contributed by atoms with E-state index in [0.29, 0.717) is 12.3 Å². The van der Waals surface area contributed by atoms with E-state index in [1.807, 2.05) is 31.1 Å². The van der Waals surface area contributed by atoms with E-state index in [1.54, 1.807) is 6.20 Å². The van der Waals surface area contributed by atoms with Gasteiger partial charge in [-0.3, -0.25) is 4.79 Å². The number of anilines is 2. The van der Waals surface area contributed by atoms with Crippen molar-refractivity contribution in [1.82, 2.24) is 4.98 Å². The molecule has 1 amide bonds. The maximum absolute atomic E-state index is 12.1. The van der Waals surface area contributed by atoms with Crippen molar-refractivity contribution < 1.29 is 4.79 Å². The van der Waals surface area contributed by atoms with Crippen LogP contribution in [0.2, 0.25) is 0 Å². The van der Waals surface area contributed by atoms with E-state index in [-0.39, 0.29) is 5.91 Å². The number of fused-ring (bicyclic) bond motifs is 2. The zero-order valence-electron chi connectivity index (χ0n) is 12.3. The maximum atomic E-state index is 12.1. The van der Waals surface area contributed by atoms with Crippen LogP contribution in [0.5, 0.6) is 0 Å². The summed E-state index contributed by atoms with van der Waals surface area (Å²) >= 11 is 0. The molecule has 1 heterocycles. The maximum Gasteiger partial charge on any atom is 0.224 e. The Morgan fingerprint density at radius 2 is 2.20 bits per heavy atom. The summed E-state index contributed by atoms with van der Waals surface area (Å²) in [6.07, 6.45) is 7.75. The van der Waals surface area contributed by atoms with Gasteiger partial charge in [-0.15, -0.1) is 0 Å². The predicted molar refractivity (Wildman–Crippen MR) is 80.7 cm³/mol. The smallest absolute Gasteiger partial charge is 0.224 e. The topological polar surface area (TPSA) is 45.2 Å². The Hall–Kier alpha value is -1.58. The molecule has 2 aliphatic carbocycles. The first-order valence-electron chi connectivity index (χ1n) is 7.55. The average molecular weight is 273 g/mol. The summed E-state index contributed by atoms with van der Waals surface area (Å²) in [5.74, 6) is 3.36. The molecule has 0 spiro atoms. The Bertz CT molecular complexity index is 483. The Morgan fingerprint density at radius 1 is 1.35 bits per heavy atom. The molecular formula is C16H23N3O. The lowest BCUT2D eigenvalue weighted by Gasteiger charge is -2.20. The van der Waals surface area contributed by atoms with Crippen molar-refractivity contribution in [2.45, 2.75) is 32.1 Å². The monoisotopic (exact) mass is 273 g/mol. The van der Waals surface area contributed by atoms with Crippen molar-refractivity contribution in [3.8, 4) is 0 Å². The summed E-state index contributed by atoms with van der Waals surface area (Å²) in [7, 11) is 3.91. The molecule has 1 aromatic heterocycles. The lowest BCUT2D eigenvalue weighted by atomic mass is 9.86. The van der Waals surface area contributed by atoms with Gasteiger partial charge in [0, 0.05) is 20.5 Å². The Balaban J connectivity index is 1.53. The van der Waals surface area contributed by atoms with Gasteiger partial charge in [0.1, 0.15) is 5.82 Å². The second-order valence-electron chi connectivity index (χ2n) is 6.49. The molecule has 3 unspecified atom stereocenters. The molecule has 3 atom stereocenters. The van der Waals surface area contributed by atoms with Gasteiger partial charge in [-0.2, -0.15) is 0 Å². The molecule has 0 radical (unpaired) electrons. The highest BCUT2D eigenvalue weighted by Crippen LogP contribution is 2.49. The number of amides is 1. The van der Waals surface area contributed by atoms with E-state index in [9.17, 15) is 4.79 Å². The molecular weight excluding hydrogens is 250 g/mol. The SMILES string of the molecule is CN(C)c1ccc(NC(=O)CC2CC3CCC2C3)cn1. The first kappa shape index (κ1) is 13.4. The van der Waals surface area contributed by atoms with E-state index < -0.39 is 0 Å². The average Bonchev–Trinajstić information content (AvgIpc) is 3.01. The van der Waals surface area contributed by atoms with Crippen LogP contribution in [0.25, 0.3) is 0 Å². The van der Waals surface area contributed by atoms with Crippen molar-refractivity contribution in [1.29, 1.82) is 0 Å². The molecule has 0 aromatic carbocycles. The van der Waals surface area contributed by atoms with Gasteiger partial charge in [-0.25, -0.2) is 4.98 Å². The summed E-state index contributed by atoms with van der Waals surface area (Å²) in [5, 5.41) is 2.97. The van der Waals surface area contributed by atoms with Gasteiger partial charge < -0.3 is 10.2 Å². The molecule has 2 bridgehead atoms. The van der Waals surface area contributed by atoms with Gasteiger partial charge in [-0.05, 0) is 49.1 Å². The highest BCUT2D eigenvalue weighted by atomic mass is 16.1. The van der Waals surface area contributed by atoms with Crippen molar-refractivity contribution >= 4 is 17.4 Å². The fraction of sp³-hybridized carbons (Fsp3) is 0.625. The molecule has 4 nitrogen and oxygen atoms in total. The molecule has 2 saturated carbocycles. The molecule has 4 heteroatoms. The number of nitrogens with zero attached hydrogens (tertiary/aromatic N) is 2. The number of pyridine rings is 1. The van der Waals surface area contributed by atoms with Crippen LogP contribution in [-0.2, 0) is 4.79 Å². The van der Waals surface area contributed by atoms with Crippen LogP contribution >= 0.6 is 0 Å². The Morgan fingerprint density at radius 3 is 2.75 bits per heavy atom. The summed E-state index contributed by atoms with van der Waals surface area (Å²) in [6, 6.07) is 3.84. The molecule has 1 N–H and O–H groups in total. The number of hydrogen-bond donors (Lipinski definition) is 1. The zero-order chi connectivity index (χ0) is 14.1. The fourth-order valence-corrected chi connectivity index (χ4v) is 3.80. The third kappa shape index (κ3) is 2.79. The number of carbonyl (C=O) groups excluding carboxylic acids is 1. The molecule has 3 rings (SSSR count). The Kier molecular flexibility index (Phi) is 3.64. The van der Waals surface area contributed by atoms with Crippen LogP contribution in [0.1, 0.15) is 32.1 Å². The number of rotatable bonds is 4. The first-order chi connectivity index (χ1) is 9.61. The third-order valence-corrected chi connectivity index (χ3v) is 4.82. The fourth-order valence-electron chi connectivity index (χ4n) is 3.80. The number of hydrogen-bond acceptors (Lipinski definition) is 3. The second-order valence-corrected chi connectivity index (χ2v) is 6.49. The molecule has 20 heavy (non-hydrogen) atoms. The molecule has 0 aliphatic heterocycles.